The molecule has 6 heteroatoms. The lowest BCUT2D eigenvalue weighted by Crippen LogP contribution is -2.14. The minimum Gasteiger partial charge on any atom is -0.454 e. The second-order valence-electron chi connectivity index (χ2n) is 6.28. The number of ether oxygens (including phenoxy) is 2. The number of carbonyl (C=O) groups is 1. The number of carbonyl (C=O) groups excluding carboxylic acids is 1. The Morgan fingerprint density at radius 3 is 2.92 bits per heavy atom. The lowest BCUT2D eigenvalue weighted by Gasteiger charge is -2.05. The van der Waals surface area contributed by atoms with E-state index >= 15 is 0 Å². The summed E-state index contributed by atoms with van der Waals surface area (Å²) >= 11 is 1.50. The molecule has 0 saturated carbocycles. The second kappa shape index (κ2) is 6.37. The first-order chi connectivity index (χ1) is 12.1. The van der Waals surface area contributed by atoms with Crippen molar-refractivity contribution in [3.05, 3.63) is 47.5 Å². The zero-order chi connectivity index (χ0) is 17.4. The maximum absolute atomic E-state index is 12.4. The van der Waals surface area contributed by atoms with Crippen LogP contribution in [-0.4, -0.2) is 17.7 Å². The summed E-state index contributed by atoms with van der Waals surface area (Å²) in [5, 5.41) is 3.54. The van der Waals surface area contributed by atoms with Gasteiger partial charge in [0.05, 0.1) is 16.6 Å². The van der Waals surface area contributed by atoms with E-state index in [-0.39, 0.29) is 19.1 Å². The number of amides is 1. The minimum absolute atomic E-state index is 0.0935. The van der Waals surface area contributed by atoms with E-state index in [9.17, 15) is 4.79 Å². The van der Waals surface area contributed by atoms with Crippen molar-refractivity contribution in [1.82, 2.24) is 4.98 Å². The van der Waals surface area contributed by atoms with Crippen LogP contribution in [0.15, 0.2) is 36.4 Å². The molecule has 0 atom stereocenters. The van der Waals surface area contributed by atoms with E-state index in [1.54, 1.807) is 0 Å². The second-order valence-corrected chi connectivity index (χ2v) is 7.31. The predicted molar refractivity (Wildman–Crippen MR) is 98.6 cm³/mol. The molecule has 128 valence electrons. The Balaban J connectivity index is 1.51. The first-order valence-electron chi connectivity index (χ1n) is 8.18. The molecule has 0 radical (unpaired) electrons. The Bertz CT molecular complexity index is 949. The van der Waals surface area contributed by atoms with Gasteiger partial charge in [-0.25, -0.2) is 4.98 Å². The summed E-state index contributed by atoms with van der Waals surface area (Å²) in [4.78, 5) is 17.0. The van der Waals surface area contributed by atoms with Crippen LogP contribution in [0.5, 0.6) is 11.5 Å². The van der Waals surface area contributed by atoms with Gasteiger partial charge in [0.1, 0.15) is 0 Å². The van der Waals surface area contributed by atoms with Gasteiger partial charge in [-0.1, -0.05) is 43.4 Å². The van der Waals surface area contributed by atoms with E-state index in [1.165, 1.54) is 16.9 Å². The number of rotatable bonds is 4. The molecule has 25 heavy (non-hydrogen) atoms. The number of benzene rings is 2. The average molecular weight is 354 g/mol. The largest absolute Gasteiger partial charge is 0.454 e. The highest BCUT2D eigenvalue weighted by atomic mass is 32.1. The van der Waals surface area contributed by atoms with Crippen LogP contribution in [0, 0.1) is 0 Å². The monoisotopic (exact) mass is 354 g/mol. The summed E-state index contributed by atoms with van der Waals surface area (Å²) in [6, 6.07) is 11.7. The molecular formula is C19H18N2O3S. The third kappa shape index (κ3) is 3.17. The van der Waals surface area contributed by atoms with Crippen molar-refractivity contribution >= 4 is 32.6 Å². The summed E-state index contributed by atoms with van der Waals surface area (Å²) in [6.45, 7) is 4.52. The molecule has 1 aliphatic heterocycles. The third-order valence-electron chi connectivity index (χ3n) is 4.12. The molecule has 2 aromatic carbocycles. The van der Waals surface area contributed by atoms with Crippen LogP contribution in [0.25, 0.3) is 10.2 Å². The van der Waals surface area contributed by atoms with Crippen molar-refractivity contribution in [3.63, 3.8) is 0 Å². The van der Waals surface area contributed by atoms with Crippen molar-refractivity contribution in [3.8, 4) is 11.5 Å². The lowest BCUT2D eigenvalue weighted by molar-refractivity contribution is -0.115. The Morgan fingerprint density at radius 1 is 1.24 bits per heavy atom. The van der Waals surface area contributed by atoms with Gasteiger partial charge in [0, 0.05) is 0 Å². The average Bonchev–Trinajstić information content (AvgIpc) is 3.19. The molecule has 4 rings (SSSR count). The number of thiazole rings is 1. The molecule has 3 aromatic rings. The van der Waals surface area contributed by atoms with Crippen LogP contribution in [-0.2, 0) is 11.2 Å². The van der Waals surface area contributed by atoms with Crippen molar-refractivity contribution in [2.75, 3.05) is 12.1 Å². The van der Waals surface area contributed by atoms with Gasteiger partial charge in [0.25, 0.3) is 0 Å². The molecule has 0 aliphatic carbocycles. The quantitative estimate of drug-likeness (QED) is 0.757. The summed E-state index contributed by atoms with van der Waals surface area (Å²) in [5.74, 6) is 1.70. The number of hydrogen-bond acceptors (Lipinski definition) is 5. The number of hydrogen-bond donors (Lipinski definition) is 1. The van der Waals surface area contributed by atoms with E-state index < -0.39 is 0 Å². The normalized spacial score (nSPS) is 12.8. The summed E-state index contributed by atoms with van der Waals surface area (Å²) < 4.78 is 11.7. The molecule has 1 N–H and O–H groups in total. The van der Waals surface area contributed by atoms with Gasteiger partial charge in [-0.3, -0.25) is 4.79 Å². The maximum Gasteiger partial charge on any atom is 0.231 e. The van der Waals surface area contributed by atoms with Crippen molar-refractivity contribution in [1.29, 1.82) is 0 Å². The molecule has 1 aliphatic rings. The van der Waals surface area contributed by atoms with Gasteiger partial charge in [-0.15, -0.1) is 0 Å². The van der Waals surface area contributed by atoms with Crippen molar-refractivity contribution < 1.29 is 14.3 Å². The van der Waals surface area contributed by atoms with Gasteiger partial charge in [-0.2, -0.15) is 0 Å². The highest BCUT2D eigenvalue weighted by Crippen LogP contribution is 2.33. The molecule has 0 saturated heterocycles. The Kier molecular flexibility index (Phi) is 4.05. The van der Waals surface area contributed by atoms with Crippen molar-refractivity contribution in [2.45, 2.75) is 26.2 Å². The summed E-state index contributed by atoms with van der Waals surface area (Å²) in [5.41, 5.74) is 3.05. The SMILES string of the molecule is CC(C)c1cccc2sc(NC(=O)Cc3ccc4c(c3)OCO4)nc12. The van der Waals surface area contributed by atoms with E-state index in [0.717, 1.165) is 21.5 Å². The van der Waals surface area contributed by atoms with Gasteiger partial charge in [0.15, 0.2) is 16.6 Å². The number of fused-ring (bicyclic) bond motifs is 2. The van der Waals surface area contributed by atoms with E-state index in [1.807, 2.05) is 30.3 Å². The molecule has 1 amide bonds. The standard InChI is InChI=1S/C19H18N2O3S/c1-11(2)13-4-3-5-16-18(13)21-19(25-16)20-17(22)9-12-6-7-14-15(8-12)24-10-23-14/h3-8,11H,9-10H2,1-2H3,(H,20,21,22). The molecule has 0 unspecified atom stereocenters. The zero-order valence-corrected chi connectivity index (χ0v) is 14.9. The topological polar surface area (TPSA) is 60.5 Å². The van der Waals surface area contributed by atoms with Gasteiger partial charge in [0.2, 0.25) is 12.7 Å². The van der Waals surface area contributed by atoms with Crippen LogP contribution in [0.2, 0.25) is 0 Å². The van der Waals surface area contributed by atoms with E-state index in [0.29, 0.717) is 16.8 Å². The summed E-state index contributed by atoms with van der Waals surface area (Å²) in [7, 11) is 0. The van der Waals surface area contributed by atoms with Gasteiger partial charge >= 0.3 is 0 Å². The minimum atomic E-state index is -0.0935. The van der Waals surface area contributed by atoms with E-state index in [4.69, 9.17) is 9.47 Å². The highest BCUT2D eigenvalue weighted by molar-refractivity contribution is 7.22. The van der Waals surface area contributed by atoms with Crippen LogP contribution in [0.3, 0.4) is 0 Å². The van der Waals surface area contributed by atoms with Crippen LogP contribution >= 0.6 is 11.3 Å². The van der Waals surface area contributed by atoms with Gasteiger partial charge in [-0.05, 0) is 35.2 Å². The Hall–Kier alpha value is -2.60. The first kappa shape index (κ1) is 15.9. The number of nitrogens with one attached hydrogen (secondary N) is 1. The molecule has 2 heterocycles. The third-order valence-corrected chi connectivity index (χ3v) is 5.06. The smallest absolute Gasteiger partial charge is 0.231 e. The first-order valence-corrected chi connectivity index (χ1v) is 8.99. The number of nitrogens with zero attached hydrogens (tertiary/aromatic N) is 1. The molecule has 1 aromatic heterocycles. The summed E-state index contributed by atoms with van der Waals surface area (Å²) in [6.07, 6.45) is 0.267. The fourth-order valence-corrected chi connectivity index (χ4v) is 3.81. The Labute approximate surface area is 149 Å². The lowest BCUT2D eigenvalue weighted by atomic mass is 10.0. The number of aromatic nitrogens is 1. The van der Waals surface area contributed by atoms with E-state index in [2.05, 4.69) is 30.2 Å². The fourth-order valence-electron chi connectivity index (χ4n) is 2.89. The molecular weight excluding hydrogens is 336 g/mol. The Morgan fingerprint density at radius 2 is 2.08 bits per heavy atom. The molecule has 0 bridgehead atoms. The zero-order valence-electron chi connectivity index (χ0n) is 14.0. The number of para-hydroxylation sites is 1. The number of anilines is 1. The van der Waals surface area contributed by atoms with Crippen LogP contribution < -0.4 is 14.8 Å². The fraction of sp³-hybridized carbons (Fsp3) is 0.263. The molecule has 0 spiro atoms. The predicted octanol–water partition coefficient (Wildman–Crippen LogP) is 4.33. The van der Waals surface area contributed by atoms with Gasteiger partial charge < -0.3 is 14.8 Å². The van der Waals surface area contributed by atoms with Crippen LogP contribution in [0.1, 0.15) is 30.9 Å². The van der Waals surface area contributed by atoms with Crippen LogP contribution in [0.4, 0.5) is 5.13 Å². The molecule has 0 fully saturated rings. The highest BCUT2D eigenvalue weighted by Gasteiger charge is 2.16. The maximum atomic E-state index is 12.4. The van der Waals surface area contributed by atoms with Crippen molar-refractivity contribution in [2.24, 2.45) is 0 Å². The molecule has 5 nitrogen and oxygen atoms in total.